The van der Waals surface area contributed by atoms with Gasteiger partial charge >= 0.3 is 0 Å². The fourth-order valence-corrected chi connectivity index (χ4v) is 6.09. The summed E-state index contributed by atoms with van der Waals surface area (Å²) >= 11 is 6.18. The van der Waals surface area contributed by atoms with Gasteiger partial charge in [0, 0.05) is 12.1 Å². The van der Waals surface area contributed by atoms with E-state index in [2.05, 4.69) is 35.6 Å². The molecular weight excluding hydrogens is 303 g/mol. The lowest BCUT2D eigenvalue weighted by Gasteiger charge is -2.29. The number of hydrogen-bond acceptors (Lipinski definition) is 3. The summed E-state index contributed by atoms with van der Waals surface area (Å²) in [4.78, 5) is 0. The maximum Gasteiger partial charge on any atom is 0.188 e. The van der Waals surface area contributed by atoms with Gasteiger partial charge in [0.25, 0.3) is 0 Å². The molecule has 0 spiro atoms. The Balaban J connectivity index is 1.74. The number of likely N-dealkylation sites (N-methyl/N-ethyl adjacent to an activating group) is 2. The summed E-state index contributed by atoms with van der Waals surface area (Å²) in [6.45, 7) is 0. The molecule has 0 aromatic heterocycles. The number of nitrogens with zero attached hydrogens (tertiary/aromatic N) is 2. The highest BCUT2D eigenvalue weighted by Gasteiger charge is 2.46. The zero-order valence-corrected chi connectivity index (χ0v) is 14.4. The summed E-state index contributed by atoms with van der Waals surface area (Å²) in [5.41, 5.74) is 1.17. The molecule has 21 heavy (non-hydrogen) atoms. The highest BCUT2D eigenvalue weighted by molar-refractivity contribution is 7.47. The van der Waals surface area contributed by atoms with Crippen LogP contribution in [0.3, 0.4) is 0 Å². The lowest BCUT2D eigenvalue weighted by Crippen LogP contribution is -2.37. The van der Waals surface area contributed by atoms with Gasteiger partial charge in [-0.25, -0.2) is 9.34 Å². The van der Waals surface area contributed by atoms with Gasteiger partial charge in [0.05, 0.1) is 5.88 Å². The molecule has 3 rings (SSSR count). The van der Waals surface area contributed by atoms with Crippen molar-refractivity contribution in [2.75, 3.05) is 20.0 Å². The highest BCUT2D eigenvalue weighted by Crippen LogP contribution is 2.58. The molecule has 3 nitrogen and oxygen atoms in total. The standard InChI is InChI=1S/C16H24ClN2OP/c1-18-14-10-6-7-11-15(14)19(2)21(18)20-16(12-17)13-8-4-3-5-9-13/h3-5,8-9,14-16H,6-7,10-12H2,1-2H3/t14-,15-,16+/m1/s1. The first-order valence-electron chi connectivity index (χ1n) is 7.75. The second kappa shape index (κ2) is 6.93. The molecule has 0 unspecified atom stereocenters. The normalized spacial score (nSPS) is 29.5. The van der Waals surface area contributed by atoms with E-state index in [1.54, 1.807) is 0 Å². The summed E-state index contributed by atoms with van der Waals surface area (Å²) in [6, 6.07) is 11.6. The van der Waals surface area contributed by atoms with Crippen LogP contribution in [0.2, 0.25) is 0 Å². The van der Waals surface area contributed by atoms with Gasteiger partial charge in [0.2, 0.25) is 0 Å². The Morgan fingerprint density at radius 2 is 1.71 bits per heavy atom. The first-order valence-corrected chi connectivity index (χ1v) is 9.45. The Bertz CT molecular complexity index is 443. The quantitative estimate of drug-likeness (QED) is 0.602. The monoisotopic (exact) mass is 326 g/mol. The molecule has 5 heteroatoms. The fourth-order valence-electron chi connectivity index (χ4n) is 3.55. The molecule has 1 saturated heterocycles. The molecule has 116 valence electrons. The van der Waals surface area contributed by atoms with E-state index < -0.39 is 8.45 Å². The molecule has 1 saturated carbocycles. The topological polar surface area (TPSA) is 15.7 Å². The van der Waals surface area contributed by atoms with Crippen LogP contribution < -0.4 is 0 Å². The summed E-state index contributed by atoms with van der Waals surface area (Å²) < 4.78 is 11.4. The number of hydrogen-bond donors (Lipinski definition) is 0. The molecule has 1 aliphatic carbocycles. The number of fused-ring (bicyclic) bond motifs is 1. The van der Waals surface area contributed by atoms with Crippen molar-refractivity contribution in [1.82, 2.24) is 9.34 Å². The maximum atomic E-state index is 6.45. The average molecular weight is 327 g/mol. The predicted octanol–water partition coefficient (Wildman–Crippen LogP) is 4.40. The zero-order chi connectivity index (χ0) is 14.8. The molecule has 1 aromatic rings. The first-order chi connectivity index (χ1) is 10.2. The second-order valence-corrected chi connectivity index (χ2v) is 8.27. The lowest BCUT2D eigenvalue weighted by atomic mass is 9.91. The van der Waals surface area contributed by atoms with Gasteiger partial charge in [-0.3, -0.25) is 0 Å². The smallest absolute Gasteiger partial charge is 0.188 e. The van der Waals surface area contributed by atoms with Gasteiger partial charge < -0.3 is 4.52 Å². The second-order valence-electron chi connectivity index (χ2n) is 5.98. The Kier molecular flexibility index (Phi) is 5.19. The largest absolute Gasteiger partial charge is 0.322 e. The van der Waals surface area contributed by atoms with Crippen LogP contribution in [0.5, 0.6) is 0 Å². The number of benzene rings is 1. The zero-order valence-electron chi connectivity index (χ0n) is 12.8. The van der Waals surface area contributed by atoms with Crippen LogP contribution in [-0.2, 0) is 4.52 Å². The average Bonchev–Trinajstić information content (AvgIpc) is 2.78. The van der Waals surface area contributed by atoms with Crippen molar-refractivity contribution < 1.29 is 4.52 Å². The third-order valence-corrected chi connectivity index (χ3v) is 7.12. The van der Waals surface area contributed by atoms with E-state index in [1.165, 1.54) is 31.2 Å². The molecule has 2 fully saturated rings. The number of halogens is 1. The number of alkyl halides is 1. The number of rotatable bonds is 4. The van der Waals surface area contributed by atoms with E-state index in [4.69, 9.17) is 16.1 Å². The molecule has 0 N–H and O–H groups in total. The summed E-state index contributed by atoms with van der Waals surface area (Å²) in [5.74, 6) is 0.500. The van der Waals surface area contributed by atoms with Crippen LogP contribution in [0.15, 0.2) is 30.3 Å². The minimum atomic E-state index is -0.704. The van der Waals surface area contributed by atoms with Gasteiger partial charge in [0.15, 0.2) is 8.45 Å². The third-order valence-electron chi connectivity index (χ3n) is 4.73. The van der Waals surface area contributed by atoms with Crippen LogP contribution in [0.25, 0.3) is 0 Å². The Morgan fingerprint density at radius 1 is 1.14 bits per heavy atom. The molecule has 3 atom stereocenters. The molecule has 0 amide bonds. The fraction of sp³-hybridized carbons (Fsp3) is 0.625. The van der Waals surface area contributed by atoms with E-state index in [0.717, 1.165) is 0 Å². The first kappa shape index (κ1) is 15.7. The van der Waals surface area contributed by atoms with Gasteiger partial charge in [0.1, 0.15) is 6.10 Å². The van der Waals surface area contributed by atoms with Gasteiger partial charge in [-0.05, 0) is 32.5 Å². The molecule has 0 radical (unpaired) electrons. The van der Waals surface area contributed by atoms with Gasteiger partial charge in [-0.2, -0.15) is 0 Å². The summed E-state index contributed by atoms with van der Waals surface area (Å²) in [5, 5.41) is 0. The van der Waals surface area contributed by atoms with Crippen molar-refractivity contribution >= 4 is 20.1 Å². The van der Waals surface area contributed by atoms with E-state index in [9.17, 15) is 0 Å². The van der Waals surface area contributed by atoms with Crippen molar-refractivity contribution in [2.24, 2.45) is 0 Å². The van der Waals surface area contributed by atoms with Crippen molar-refractivity contribution in [3.8, 4) is 0 Å². The minimum Gasteiger partial charge on any atom is -0.322 e. The van der Waals surface area contributed by atoms with Gasteiger partial charge in [-0.15, -0.1) is 11.6 Å². The van der Waals surface area contributed by atoms with Crippen molar-refractivity contribution in [3.05, 3.63) is 35.9 Å². The SMILES string of the molecule is CN1[C@@H]2CCCC[C@H]2N(C)P1O[C@@H](CCl)c1ccccc1. The van der Waals surface area contributed by atoms with Crippen LogP contribution in [-0.4, -0.2) is 41.4 Å². The van der Waals surface area contributed by atoms with Gasteiger partial charge in [-0.1, -0.05) is 43.2 Å². The van der Waals surface area contributed by atoms with Crippen LogP contribution in [0.1, 0.15) is 37.4 Å². The molecule has 1 aliphatic heterocycles. The molecule has 1 heterocycles. The Hall–Kier alpha value is -0.180. The summed E-state index contributed by atoms with van der Waals surface area (Å²) in [7, 11) is 3.73. The third kappa shape index (κ3) is 3.13. The van der Waals surface area contributed by atoms with Crippen LogP contribution >= 0.6 is 20.1 Å². The maximum absolute atomic E-state index is 6.45. The highest BCUT2D eigenvalue weighted by atomic mass is 35.5. The van der Waals surface area contributed by atoms with E-state index in [1.807, 2.05) is 18.2 Å². The Morgan fingerprint density at radius 3 is 2.24 bits per heavy atom. The van der Waals surface area contributed by atoms with E-state index in [-0.39, 0.29) is 6.10 Å². The van der Waals surface area contributed by atoms with E-state index >= 15 is 0 Å². The predicted molar refractivity (Wildman–Crippen MR) is 89.5 cm³/mol. The van der Waals surface area contributed by atoms with Crippen LogP contribution in [0.4, 0.5) is 0 Å². The van der Waals surface area contributed by atoms with Crippen molar-refractivity contribution in [2.45, 2.75) is 43.9 Å². The molecular formula is C16H24ClN2OP. The van der Waals surface area contributed by atoms with Crippen molar-refractivity contribution in [3.63, 3.8) is 0 Å². The summed E-state index contributed by atoms with van der Waals surface area (Å²) in [6.07, 6.45) is 5.26. The molecule has 0 bridgehead atoms. The Labute approximate surface area is 134 Å². The van der Waals surface area contributed by atoms with E-state index in [0.29, 0.717) is 18.0 Å². The molecule has 2 aliphatic rings. The van der Waals surface area contributed by atoms with Crippen molar-refractivity contribution in [1.29, 1.82) is 0 Å². The minimum absolute atomic E-state index is 0.0240. The lowest BCUT2D eigenvalue weighted by molar-refractivity contribution is 0.226. The molecule has 1 aromatic carbocycles. The van der Waals surface area contributed by atoms with Crippen LogP contribution in [0, 0.1) is 0 Å².